The first-order valence-electron chi connectivity index (χ1n) is 15.5. The fraction of sp³-hybridized carbons (Fsp3) is 0.441. The number of allylic oxidation sites excluding steroid dienone is 2. The zero-order valence-electron chi connectivity index (χ0n) is 25.3. The molecule has 1 aliphatic heterocycles. The van der Waals surface area contributed by atoms with E-state index >= 15 is 0 Å². The van der Waals surface area contributed by atoms with Crippen LogP contribution >= 0.6 is 0 Å². The molecule has 0 saturated carbocycles. The van der Waals surface area contributed by atoms with Gasteiger partial charge in [0.2, 0.25) is 5.82 Å². The van der Waals surface area contributed by atoms with E-state index in [-0.39, 0.29) is 11.6 Å². The highest BCUT2D eigenvalue weighted by Gasteiger charge is 2.52. The van der Waals surface area contributed by atoms with E-state index in [4.69, 9.17) is 0 Å². The predicted octanol–water partition coefficient (Wildman–Crippen LogP) is 6.36. The lowest BCUT2D eigenvalue weighted by atomic mass is 9.74. The Labute approximate surface area is 251 Å². The highest BCUT2D eigenvalue weighted by molar-refractivity contribution is 5.80. The highest BCUT2D eigenvalue weighted by atomic mass is 16.4. The number of carbonyl (C=O) groups is 1. The lowest BCUT2D eigenvalue weighted by molar-refractivity contribution is -0.152. The minimum absolute atomic E-state index is 0.0302. The van der Waals surface area contributed by atoms with E-state index in [1.807, 2.05) is 28.9 Å². The molecule has 0 spiro atoms. The van der Waals surface area contributed by atoms with Crippen LogP contribution in [-0.2, 0) is 24.2 Å². The van der Waals surface area contributed by atoms with Crippen LogP contribution in [0.15, 0.2) is 64.5 Å². The van der Waals surface area contributed by atoms with Gasteiger partial charge in [0.15, 0.2) is 0 Å². The third kappa shape index (κ3) is 5.15. The van der Waals surface area contributed by atoms with Gasteiger partial charge in [0, 0.05) is 29.8 Å². The standard InChI is InChI=1S/C34H40N6O3/c1-4-5-6-12-29-28(19-24-14-16-25(17-15-24)26-10-7-8-11-27(26)31-35-37-38-36-31)32(41)39-18-9-13-30(40(29)39)34(33(42)43)20-22(2)23(3)21-34/h7-8,10-11,14-17,30H,4-6,9,12-13,18-21H2,1-3H3,(H,42,43)(H,35,36,37,38). The van der Waals surface area contributed by atoms with Crippen molar-refractivity contribution in [2.45, 2.75) is 91.1 Å². The van der Waals surface area contributed by atoms with Gasteiger partial charge in [0.1, 0.15) is 0 Å². The molecule has 3 heterocycles. The minimum atomic E-state index is -0.910. The molecular formula is C34H40N6O3. The maximum atomic E-state index is 14.1. The summed E-state index contributed by atoms with van der Waals surface area (Å²) in [5.74, 6) is -0.207. The van der Waals surface area contributed by atoms with Crippen molar-refractivity contribution in [1.82, 2.24) is 30.0 Å². The molecule has 6 rings (SSSR count). The lowest BCUT2D eigenvalue weighted by Crippen LogP contribution is -2.44. The van der Waals surface area contributed by atoms with Crippen molar-refractivity contribution >= 4 is 5.97 Å². The van der Waals surface area contributed by atoms with Gasteiger partial charge in [-0.25, -0.2) is 4.68 Å². The van der Waals surface area contributed by atoms with Crippen LogP contribution in [0.3, 0.4) is 0 Å². The van der Waals surface area contributed by atoms with Crippen molar-refractivity contribution in [3.8, 4) is 22.5 Å². The number of hydrogen-bond acceptors (Lipinski definition) is 5. The van der Waals surface area contributed by atoms with Gasteiger partial charge in [-0.05, 0) is 74.3 Å². The van der Waals surface area contributed by atoms with E-state index in [0.717, 1.165) is 72.0 Å². The normalized spacial score (nSPS) is 17.8. The smallest absolute Gasteiger partial charge is 0.312 e. The fourth-order valence-electron chi connectivity index (χ4n) is 7.33. The Kier molecular flexibility index (Phi) is 7.90. The Morgan fingerprint density at radius 3 is 2.42 bits per heavy atom. The van der Waals surface area contributed by atoms with Crippen LogP contribution in [0, 0.1) is 5.41 Å². The second kappa shape index (κ2) is 11.8. The fourth-order valence-corrected chi connectivity index (χ4v) is 7.33. The molecule has 1 aliphatic carbocycles. The number of benzene rings is 2. The number of aliphatic carboxylic acids is 1. The predicted molar refractivity (Wildman–Crippen MR) is 166 cm³/mol. The SMILES string of the molecule is CCCCCc1c(Cc2ccc(-c3ccccc3-c3nn[nH]n3)cc2)c(=O)n2n1C(C1(C(=O)O)CC(C)=C(C)C1)CCC2. The van der Waals surface area contributed by atoms with Crippen LogP contribution in [0.5, 0.6) is 0 Å². The maximum absolute atomic E-state index is 14.1. The number of tetrazole rings is 1. The second-order valence-corrected chi connectivity index (χ2v) is 12.3. The minimum Gasteiger partial charge on any atom is -0.481 e. The number of unbranched alkanes of at least 4 members (excludes halogenated alkanes) is 2. The van der Waals surface area contributed by atoms with Crippen LogP contribution in [0.1, 0.15) is 88.6 Å². The van der Waals surface area contributed by atoms with Gasteiger partial charge in [-0.3, -0.25) is 14.3 Å². The summed E-state index contributed by atoms with van der Waals surface area (Å²) in [5.41, 5.74) is 7.28. The number of nitrogens with zero attached hydrogens (tertiary/aromatic N) is 5. The summed E-state index contributed by atoms with van der Waals surface area (Å²) in [7, 11) is 0. The summed E-state index contributed by atoms with van der Waals surface area (Å²) >= 11 is 0. The van der Waals surface area contributed by atoms with Crippen molar-refractivity contribution in [1.29, 1.82) is 0 Å². The highest BCUT2D eigenvalue weighted by Crippen LogP contribution is 2.52. The van der Waals surface area contributed by atoms with Crippen LogP contribution in [0.2, 0.25) is 0 Å². The largest absolute Gasteiger partial charge is 0.481 e. The van der Waals surface area contributed by atoms with E-state index in [2.05, 4.69) is 70.3 Å². The lowest BCUT2D eigenvalue weighted by Gasteiger charge is -2.40. The molecule has 43 heavy (non-hydrogen) atoms. The maximum Gasteiger partial charge on any atom is 0.312 e. The first-order valence-corrected chi connectivity index (χ1v) is 15.5. The molecule has 9 heteroatoms. The molecule has 224 valence electrons. The first-order chi connectivity index (χ1) is 20.8. The molecule has 2 aromatic carbocycles. The Morgan fingerprint density at radius 1 is 1.05 bits per heavy atom. The van der Waals surface area contributed by atoms with E-state index in [9.17, 15) is 14.7 Å². The van der Waals surface area contributed by atoms with Crippen LogP contribution in [0.4, 0.5) is 0 Å². The molecular weight excluding hydrogens is 540 g/mol. The third-order valence-corrected chi connectivity index (χ3v) is 9.65. The third-order valence-electron chi connectivity index (χ3n) is 9.65. The van der Waals surface area contributed by atoms with Gasteiger partial charge in [0.25, 0.3) is 5.56 Å². The quantitative estimate of drug-likeness (QED) is 0.167. The van der Waals surface area contributed by atoms with Crippen molar-refractivity contribution in [3.05, 3.63) is 86.9 Å². The topological polar surface area (TPSA) is 119 Å². The summed E-state index contributed by atoms with van der Waals surface area (Å²) in [6.45, 7) is 6.93. The van der Waals surface area contributed by atoms with Gasteiger partial charge < -0.3 is 5.11 Å². The molecule has 9 nitrogen and oxygen atoms in total. The van der Waals surface area contributed by atoms with Gasteiger partial charge in [-0.15, -0.1) is 10.2 Å². The number of hydrogen-bond donors (Lipinski definition) is 2. The summed E-state index contributed by atoms with van der Waals surface area (Å²) in [6.07, 6.45) is 7.09. The van der Waals surface area contributed by atoms with Crippen molar-refractivity contribution in [2.24, 2.45) is 5.41 Å². The van der Waals surface area contributed by atoms with Gasteiger partial charge in [0.05, 0.1) is 11.5 Å². The molecule has 2 aromatic heterocycles. The number of aromatic nitrogens is 6. The van der Waals surface area contributed by atoms with Crippen molar-refractivity contribution in [3.63, 3.8) is 0 Å². The average molecular weight is 581 g/mol. The molecule has 2 aliphatic rings. The van der Waals surface area contributed by atoms with Crippen molar-refractivity contribution < 1.29 is 9.90 Å². The number of fused-ring (bicyclic) bond motifs is 1. The van der Waals surface area contributed by atoms with Gasteiger partial charge in [-0.1, -0.05) is 79.4 Å². The number of carboxylic acids is 1. The van der Waals surface area contributed by atoms with E-state index in [0.29, 0.717) is 31.6 Å². The number of carboxylic acid groups (broad SMARTS) is 1. The molecule has 1 atom stereocenters. The summed E-state index contributed by atoms with van der Waals surface area (Å²) in [6, 6.07) is 16.1. The molecule has 0 bridgehead atoms. The summed E-state index contributed by atoms with van der Waals surface area (Å²) < 4.78 is 4.01. The molecule has 0 radical (unpaired) electrons. The summed E-state index contributed by atoms with van der Waals surface area (Å²) in [5, 5.41) is 25.2. The number of nitrogens with one attached hydrogen (secondary N) is 1. The van der Waals surface area contributed by atoms with Crippen molar-refractivity contribution in [2.75, 3.05) is 0 Å². The number of H-pyrrole nitrogens is 1. The Bertz CT molecular complexity index is 1700. The average Bonchev–Trinajstić information content (AvgIpc) is 3.73. The van der Waals surface area contributed by atoms with Gasteiger partial charge in [-0.2, -0.15) is 5.21 Å². The summed E-state index contributed by atoms with van der Waals surface area (Å²) in [4.78, 5) is 27.0. The monoisotopic (exact) mass is 580 g/mol. The van der Waals surface area contributed by atoms with E-state index in [1.165, 1.54) is 11.1 Å². The second-order valence-electron chi connectivity index (χ2n) is 12.3. The molecule has 4 aromatic rings. The van der Waals surface area contributed by atoms with E-state index < -0.39 is 11.4 Å². The molecule has 0 saturated heterocycles. The number of rotatable bonds is 10. The zero-order chi connectivity index (χ0) is 30.1. The molecule has 0 amide bonds. The first kappa shape index (κ1) is 28.8. The Hall–Kier alpha value is -4.27. The van der Waals surface area contributed by atoms with Crippen LogP contribution < -0.4 is 5.56 Å². The van der Waals surface area contributed by atoms with E-state index in [1.54, 1.807) is 0 Å². The molecule has 2 N–H and O–H groups in total. The van der Waals surface area contributed by atoms with Crippen LogP contribution in [-0.4, -0.2) is 41.1 Å². The van der Waals surface area contributed by atoms with Crippen LogP contribution in [0.25, 0.3) is 22.5 Å². The molecule has 0 fully saturated rings. The Balaban J connectivity index is 1.38. The zero-order valence-corrected chi connectivity index (χ0v) is 25.3. The number of aromatic amines is 1. The molecule has 1 unspecified atom stereocenters. The Morgan fingerprint density at radius 2 is 1.77 bits per heavy atom. The van der Waals surface area contributed by atoms with Gasteiger partial charge >= 0.3 is 5.97 Å².